The molecular formula is C20H25N3O3. The van der Waals surface area contributed by atoms with E-state index in [-0.39, 0.29) is 17.2 Å². The van der Waals surface area contributed by atoms with Crippen molar-refractivity contribution in [1.29, 1.82) is 0 Å². The number of furan rings is 1. The molecule has 2 aromatic rings. The summed E-state index contributed by atoms with van der Waals surface area (Å²) in [5.74, 6) is 0.0733. The molecule has 2 amide bonds. The number of aryl methyl sites for hydroxylation is 1. The van der Waals surface area contributed by atoms with Gasteiger partial charge in [0.1, 0.15) is 5.76 Å². The average Bonchev–Trinajstić information content (AvgIpc) is 3.19. The van der Waals surface area contributed by atoms with Crippen molar-refractivity contribution >= 4 is 17.5 Å². The van der Waals surface area contributed by atoms with E-state index in [1.807, 2.05) is 0 Å². The molecule has 0 spiro atoms. The van der Waals surface area contributed by atoms with Gasteiger partial charge in [-0.1, -0.05) is 19.1 Å². The summed E-state index contributed by atoms with van der Waals surface area (Å²) in [5.41, 5.74) is 1.49. The molecule has 138 valence electrons. The van der Waals surface area contributed by atoms with Gasteiger partial charge in [0, 0.05) is 13.1 Å². The van der Waals surface area contributed by atoms with Crippen LogP contribution in [0, 0.1) is 12.3 Å². The zero-order valence-corrected chi connectivity index (χ0v) is 15.5. The second-order valence-electron chi connectivity index (χ2n) is 7.37. The fourth-order valence-electron chi connectivity index (χ4n) is 3.40. The monoisotopic (exact) mass is 355 g/mol. The van der Waals surface area contributed by atoms with Crippen LogP contribution in [0.25, 0.3) is 0 Å². The van der Waals surface area contributed by atoms with Crippen LogP contribution >= 0.6 is 0 Å². The molecule has 1 aromatic carbocycles. The first-order chi connectivity index (χ1) is 12.4. The fourth-order valence-corrected chi connectivity index (χ4v) is 3.40. The molecular weight excluding hydrogens is 330 g/mol. The van der Waals surface area contributed by atoms with E-state index in [0.717, 1.165) is 19.5 Å². The Hall–Kier alpha value is -2.60. The lowest BCUT2D eigenvalue weighted by Gasteiger charge is -2.24. The van der Waals surface area contributed by atoms with Gasteiger partial charge < -0.3 is 20.0 Å². The predicted octanol–water partition coefficient (Wildman–Crippen LogP) is 2.91. The van der Waals surface area contributed by atoms with Gasteiger partial charge in [0.2, 0.25) is 0 Å². The number of rotatable bonds is 5. The van der Waals surface area contributed by atoms with Gasteiger partial charge in [-0.3, -0.25) is 9.59 Å². The molecule has 6 heteroatoms. The highest BCUT2D eigenvalue weighted by Crippen LogP contribution is 2.28. The molecule has 1 atom stereocenters. The molecule has 6 nitrogen and oxygen atoms in total. The Balaban J connectivity index is 1.69. The van der Waals surface area contributed by atoms with Gasteiger partial charge >= 0.3 is 0 Å². The molecule has 0 bridgehead atoms. The fraction of sp³-hybridized carbons (Fsp3) is 0.400. The van der Waals surface area contributed by atoms with Crippen molar-refractivity contribution in [2.45, 2.75) is 20.3 Å². The Morgan fingerprint density at radius 2 is 1.96 bits per heavy atom. The van der Waals surface area contributed by atoms with Crippen molar-refractivity contribution in [2.75, 3.05) is 32.0 Å². The zero-order chi connectivity index (χ0) is 18.7. The molecule has 0 aliphatic carbocycles. The van der Waals surface area contributed by atoms with Crippen LogP contribution in [0.15, 0.2) is 41.0 Å². The van der Waals surface area contributed by atoms with Gasteiger partial charge in [0.15, 0.2) is 0 Å². The lowest BCUT2D eigenvalue weighted by Crippen LogP contribution is -2.37. The van der Waals surface area contributed by atoms with Crippen molar-refractivity contribution in [1.82, 2.24) is 10.2 Å². The summed E-state index contributed by atoms with van der Waals surface area (Å²) in [6, 6.07) is 8.65. The van der Waals surface area contributed by atoms with E-state index in [1.54, 1.807) is 37.3 Å². The van der Waals surface area contributed by atoms with Crippen LogP contribution in [0.5, 0.6) is 0 Å². The van der Waals surface area contributed by atoms with Crippen molar-refractivity contribution in [3.05, 3.63) is 53.5 Å². The first-order valence-electron chi connectivity index (χ1n) is 8.79. The van der Waals surface area contributed by atoms with Gasteiger partial charge in [0.25, 0.3) is 11.8 Å². The highest BCUT2D eigenvalue weighted by molar-refractivity contribution is 6.09. The minimum Gasteiger partial charge on any atom is -0.469 e. The highest BCUT2D eigenvalue weighted by atomic mass is 16.3. The molecule has 0 unspecified atom stereocenters. The molecule has 0 radical (unpaired) electrons. The van der Waals surface area contributed by atoms with E-state index < -0.39 is 0 Å². The smallest absolute Gasteiger partial charge is 0.259 e. The van der Waals surface area contributed by atoms with Crippen LogP contribution in [0.4, 0.5) is 5.69 Å². The maximum absolute atomic E-state index is 12.7. The van der Waals surface area contributed by atoms with Gasteiger partial charge in [-0.25, -0.2) is 0 Å². The zero-order valence-electron chi connectivity index (χ0n) is 15.5. The number of carbonyl (C=O) groups excluding carboxylic acids is 2. The second kappa shape index (κ2) is 7.33. The summed E-state index contributed by atoms with van der Waals surface area (Å²) in [7, 11) is 2.09. The first kappa shape index (κ1) is 18.2. The van der Waals surface area contributed by atoms with E-state index in [2.05, 4.69) is 29.5 Å². The third-order valence-electron chi connectivity index (χ3n) is 4.95. The van der Waals surface area contributed by atoms with E-state index >= 15 is 0 Å². The Labute approximate surface area is 153 Å². The Morgan fingerprint density at radius 1 is 1.19 bits per heavy atom. The van der Waals surface area contributed by atoms with E-state index in [0.29, 0.717) is 29.1 Å². The summed E-state index contributed by atoms with van der Waals surface area (Å²) < 4.78 is 5.17. The number of nitrogens with zero attached hydrogens (tertiary/aromatic N) is 1. The molecule has 26 heavy (non-hydrogen) atoms. The van der Waals surface area contributed by atoms with Crippen LogP contribution in [0.3, 0.4) is 0 Å². The topological polar surface area (TPSA) is 74.6 Å². The quantitative estimate of drug-likeness (QED) is 0.865. The standard InChI is InChI=1S/C20H25N3O3/c1-14-15(8-11-26-14)19(25)22-17-7-5-4-6-16(17)18(24)21-12-20(2)9-10-23(3)13-20/h4-8,11H,9-10,12-13H2,1-3H3,(H,21,24)(H,22,25)/t20-/m1/s1. The van der Waals surface area contributed by atoms with E-state index in [4.69, 9.17) is 4.42 Å². The summed E-state index contributed by atoms with van der Waals surface area (Å²) in [5, 5.41) is 5.84. The molecule has 1 aliphatic rings. The lowest BCUT2D eigenvalue weighted by atomic mass is 9.90. The van der Waals surface area contributed by atoms with E-state index in [1.165, 1.54) is 6.26 Å². The summed E-state index contributed by atoms with van der Waals surface area (Å²) >= 11 is 0. The molecule has 3 rings (SSSR count). The van der Waals surface area contributed by atoms with E-state index in [9.17, 15) is 9.59 Å². The Morgan fingerprint density at radius 3 is 2.62 bits per heavy atom. The Bertz CT molecular complexity index is 814. The van der Waals surface area contributed by atoms with Gasteiger partial charge in [-0.15, -0.1) is 0 Å². The molecule has 1 aliphatic heterocycles. The highest BCUT2D eigenvalue weighted by Gasteiger charge is 2.32. The number of carbonyl (C=O) groups is 2. The molecule has 1 aromatic heterocycles. The number of hydrogen-bond acceptors (Lipinski definition) is 4. The third kappa shape index (κ3) is 3.96. The van der Waals surface area contributed by atoms with Crippen molar-refractivity contribution in [3.8, 4) is 0 Å². The maximum Gasteiger partial charge on any atom is 0.259 e. The molecule has 1 saturated heterocycles. The summed E-state index contributed by atoms with van der Waals surface area (Å²) in [6.07, 6.45) is 2.53. The third-order valence-corrected chi connectivity index (χ3v) is 4.95. The average molecular weight is 355 g/mol. The summed E-state index contributed by atoms with van der Waals surface area (Å²) in [6.45, 7) is 6.53. The number of anilines is 1. The SMILES string of the molecule is Cc1occc1C(=O)Nc1ccccc1C(=O)NC[C@@]1(C)CCN(C)C1. The van der Waals surface area contributed by atoms with Gasteiger partial charge in [0.05, 0.1) is 23.1 Å². The normalized spacial score (nSPS) is 20.1. The number of nitrogens with one attached hydrogen (secondary N) is 2. The van der Waals surface area contributed by atoms with Crippen LogP contribution in [-0.4, -0.2) is 43.4 Å². The molecule has 0 saturated carbocycles. The largest absolute Gasteiger partial charge is 0.469 e. The molecule has 1 fully saturated rings. The number of amides is 2. The van der Waals surface area contributed by atoms with Gasteiger partial charge in [-0.2, -0.15) is 0 Å². The van der Waals surface area contributed by atoms with Crippen LogP contribution < -0.4 is 10.6 Å². The number of benzene rings is 1. The number of para-hydroxylation sites is 1. The van der Waals surface area contributed by atoms with Crippen molar-refractivity contribution in [2.24, 2.45) is 5.41 Å². The predicted molar refractivity (Wildman–Crippen MR) is 100 cm³/mol. The number of likely N-dealkylation sites (tertiary alicyclic amines) is 1. The first-order valence-corrected chi connectivity index (χ1v) is 8.79. The molecule has 2 N–H and O–H groups in total. The van der Waals surface area contributed by atoms with Crippen molar-refractivity contribution in [3.63, 3.8) is 0 Å². The number of hydrogen-bond donors (Lipinski definition) is 2. The van der Waals surface area contributed by atoms with Crippen LogP contribution in [0.1, 0.15) is 39.8 Å². The minimum absolute atomic E-state index is 0.0799. The maximum atomic E-state index is 12.7. The van der Waals surface area contributed by atoms with Crippen molar-refractivity contribution < 1.29 is 14.0 Å². The molecule has 2 heterocycles. The Kier molecular flexibility index (Phi) is 5.13. The second-order valence-corrected chi connectivity index (χ2v) is 7.37. The van der Waals surface area contributed by atoms with Crippen LogP contribution in [0.2, 0.25) is 0 Å². The minimum atomic E-state index is -0.291. The van der Waals surface area contributed by atoms with Gasteiger partial charge in [-0.05, 0) is 50.6 Å². The lowest BCUT2D eigenvalue weighted by molar-refractivity contribution is 0.0935. The van der Waals surface area contributed by atoms with Crippen LogP contribution in [-0.2, 0) is 0 Å². The summed E-state index contributed by atoms with van der Waals surface area (Å²) in [4.78, 5) is 27.4.